The number of rotatable bonds is 4. The third-order valence-electron chi connectivity index (χ3n) is 2.86. The summed E-state index contributed by atoms with van der Waals surface area (Å²) in [6.45, 7) is 4.93. The number of benzene rings is 1. The van der Waals surface area contributed by atoms with E-state index >= 15 is 0 Å². The first kappa shape index (κ1) is 13.1. The molecule has 0 amide bonds. The third-order valence-corrected chi connectivity index (χ3v) is 2.86. The summed E-state index contributed by atoms with van der Waals surface area (Å²) < 4.78 is 1.65. The lowest BCUT2D eigenvalue weighted by Gasteiger charge is -2.06. The number of amidine groups is 1. The number of hydrogen-bond acceptors (Lipinski definition) is 4. The lowest BCUT2D eigenvalue weighted by Crippen LogP contribution is -2.15. The quantitative estimate of drug-likeness (QED) is 0.377. The minimum absolute atomic E-state index is 0.0890. The smallest absolute Gasteiger partial charge is 0.219 e. The van der Waals surface area contributed by atoms with Gasteiger partial charge in [-0.05, 0) is 17.0 Å². The molecular weight excluding hydrogens is 242 g/mol. The normalized spacial score (nSPS) is 12.1. The van der Waals surface area contributed by atoms with E-state index in [1.807, 2.05) is 0 Å². The SMILES string of the molecule is CC(C)c1ccc(Cn2cnc(C(N)=NO)n2)cc1. The van der Waals surface area contributed by atoms with Gasteiger partial charge in [0.05, 0.1) is 6.54 Å². The molecule has 0 radical (unpaired) electrons. The zero-order valence-electron chi connectivity index (χ0n) is 11.0. The maximum atomic E-state index is 8.54. The summed E-state index contributed by atoms with van der Waals surface area (Å²) in [5, 5.41) is 15.5. The molecule has 19 heavy (non-hydrogen) atoms. The molecule has 1 aromatic heterocycles. The summed E-state index contributed by atoms with van der Waals surface area (Å²) in [6.07, 6.45) is 1.56. The highest BCUT2D eigenvalue weighted by atomic mass is 16.4. The first-order valence-corrected chi connectivity index (χ1v) is 6.06. The maximum absolute atomic E-state index is 8.54. The van der Waals surface area contributed by atoms with E-state index in [0.29, 0.717) is 12.5 Å². The van der Waals surface area contributed by atoms with Crippen LogP contribution in [0.2, 0.25) is 0 Å². The Morgan fingerprint density at radius 3 is 2.63 bits per heavy atom. The first-order chi connectivity index (χ1) is 9.10. The Bertz CT molecular complexity index is 571. The van der Waals surface area contributed by atoms with Gasteiger partial charge >= 0.3 is 0 Å². The molecule has 1 heterocycles. The van der Waals surface area contributed by atoms with Gasteiger partial charge < -0.3 is 10.9 Å². The molecule has 6 nitrogen and oxygen atoms in total. The molecule has 0 saturated carbocycles. The Morgan fingerprint density at radius 1 is 1.37 bits per heavy atom. The van der Waals surface area contributed by atoms with E-state index in [2.05, 4.69) is 53.4 Å². The average Bonchev–Trinajstić information content (AvgIpc) is 2.87. The molecule has 0 spiro atoms. The zero-order valence-corrected chi connectivity index (χ0v) is 11.0. The minimum Gasteiger partial charge on any atom is -0.409 e. The zero-order chi connectivity index (χ0) is 13.8. The van der Waals surface area contributed by atoms with Gasteiger partial charge in [-0.3, -0.25) is 0 Å². The van der Waals surface area contributed by atoms with Crippen LogP contribution in [-0.4, -0.2) is 25.8 Å². The van der Waals surface area contributed by atoms with Crippen LogP contribution in [0.1, 0.15) is 36.7 Å². The van der Waals surface area contributed by atoms with Crippen LogP contribution in [0.3, 0.4) is 0 Å². The molecule has 0 aliphatic carbocycles. The van der Waals surface area contributed by atoms with E-state index in [1.165, 1.54) is 5.56 Å². The molecule has 6 heteroatoms. The molecule has 0 fully saturated rings. The topological polar surface area (TPSA) is 89.3 Å². The van der Waals surface area contributed by atoms with Gasteiger partial charge in [-0.1, -0.05) is 43.3 Å². The van der Waals surface area contributed by atoms with Crippen molar-refractivity contribution in [2.75, 3.05) is 0 Å². The van der Waals surface area contributed by atoms with Crippen molar-refractivity contribution in [1.29, 1.82) is 0 Å². The van der Waals surface area contributed by atoms with Gasteiger partial charge in [-0.25, -0.2) is 9.67 Å². The van der Waals surface area contributed by atoms with Crippen LogP contribution in [0.25, 0.3) is 0 Å². The van der Waals surface area contributed by atoms with Crippen molar-refractivity contribution in [3.63, 3.8) is 0 Å². The molecule has 1 aromatic carbocycles. The van der Waals surface area contributed by atoms with Crippen molar-refractivity contribution >= 4 is 5.84 Å². The highest BCUT2D eigenvalue weighted by molar-refractivity contribution is 5.93. The summed E-state index contributed by atoms with van der Waals surface area (Å²) in [4.78, 5) is 3.96. The Morgan fingerprint density at radius 2 is 2.05 bits per heavy atom. The van der Waals surface area contributed by atoms with Crippen LogP contribution in [0.15, 0.2) is 35.7 Å². The molecule has 3 N–H and O–H groups in total. The lowest BCUT2D eigenvalue weighted by molar-refractivity contribution is 0.318. The van der Waals surface area contributed by atoms with E-state index < -0.39 is 0 Å². The summed E-state index contributed by atoms with van der Waals surface area (Å²) in [6, 6.07) is 8.36. The Hall–Kier alpha value is -2.37. The van der Waals surface area contributed by atoms with Gasteiger partial charge in [0.25, 0.3) is 0 Å². The van der Waals surface area contributed by atoms with Crippen LogP contribution in [-0.2, 0) is 6.54 Å². The second-order valence-corrected chi connectivity index (χ2v) is 4.65. The monoisotopic (exact) mass is 259 g/mol. The predicted molar refractivity (Wildman–Crippen MR) is 72.2 cm³/mol. The second-order valence-electron chi connectivity index (χ2n) is 4.65. The number of nitrogens with zero attached hydrogens (tertiary/aromatic N) is 4. The highest BCUT2D eigenvalue weighted by Crippen LogP contribution is 2.15. The van der Waals surface area contributed by atoms with Crippen molar-refractivity contribution in [2.45, 2.75) is 26.3 Å². The number of nitrogens with two attached hydrogens (primary N) is 1. The first-order valence-electron chi connectivity index (χ1n) is 6.06. The Balaban J connectivity index is 2.10. The molecule has 0 saturated heterocycles. The van der Waals surface area contributed by atoms with Crippen molar-refractivity contribution in [1.82, 2.24) is 14.8 Å². The van der Waals surface area contributed by atoms with Crippen LogP contribution >= 0.6 is 0 Å². The van der Waals surface area contributed by atoms with Gasteiger partial charge in [-0.2, -0.15) is 0 Å². The highest BCUT2D eigenvalue weighted by Gasteiger charge is 2.06. The molecule has 2 aromatic rings. The van der Waals surface area contributed by atoms with Gasteiger partial charge in [0.2, 0.25) is 11.7 Å². The van der Waals surface area contributed by atoms with Crippen LogP contribution < -0.4 is 5.73 Å². The largest absolute Gasteiger partial charge is 0.409 e. The molecule has 0 atom stereocenters. The fraction of sp³-hybridized carbons (Fsp3) is 0.308. The summed E-state index contributed by atoms with van der Waals surface area (Å²) in [5.41, 5.74) is 7.85. The van der Waals surface area contributed by atoms with Gasteiger partial charge in [-0.15, -0.1) is 5.10 Å². The van der Waals surface area contributed by atoms with E-state index in [1.54, 1.807) is 11.0 Å². The minimum atomic E-state index is -0.0890. The van der Waals surface area contributed by atoms with E-state index in [9.17, 15) is 0 Å². The van der Waals surface area contributed by atoms with Crippen LogP contribution in [0, 0.1) is 0 Å². The lowest BCUT2D eigenvalue weighted by atomic mass is 10.0. The number of oxime groups is 1. The van der Waals surface area contributed by atoms with E-state index in [-0.39, 0.29) is 11.7 Å². The molecular formula is C13H17N5O. The van der Waals surface area contributed by atoms with Crippen molar-refractivity contribution in [3.05, 3.63) is 47.5 Å². The van der Waals surface area contributed by atoms with Crippen molar-refractivity contribution < 1.29 is 5.21 Å². The molecule has 0 aliphatic rings. The van der Waals surface area contributed by atoms with Crippen molar-refractivity contribution in [3.8, 4) is 0 Å². The molecule has 100 valence electrons. The van der Waals surface area contributed by atoms with E-state index in [4.69, 9.17) is 10.9 Å². The number of aromatic nitrogens is 3. The van der Waals surface area contributed by atoms with Gasteiger partial charge in [0, 0.05) is 0 Å². The van der Waals surface area contributed by atoms with Crippen LogP contribution in [0.4, 0.5) is 0 Å². The molecule has 0 bridgehead atoms. The summed E-state index contributed by atoms with van der Waals surface area (Å²) >= 11 is 0. The summed E-state index contributed by atoms with van der Waals surface area (Å²) in [7, 11) is 0. The second kappa shape index (κ2) is 5.51. The molecule has 0 unspecified atom stereocenters. The fourth-order valence-corrected chi connectivity index (χ4v) is 1.73. The van der Waals surface area contributed by atoms with Gasteiger partial charge in [0.1, 0.15) is 6.33 Å². The van der Waals surface area contributed by atoms with E-state index in [0.717, 1.165) is 5.56 Å². The Labute approximate surface area is 111 Å². The third kappa shape index (κ3) is 3.09. The van der Waals surface area contributed by atoms with Crippen molar-refractivity contribution in [2.24, 2.45) is 10.9 Å². The fourth-order valence-electron chi connectivity index (χ4n) is 1.73. The molecule has 2 rings (SSSR count). The predicted octanol–water partition coefficient (Wildman–Crippen LogP) is 1.54. The molecule has 0 aliphatic heterocycles. The number of hydrogen-bond donors (Lipinski definition) is 2. The maximum Gasteiger partial charge on any atom is 0.219 e. The summed E-state index contributed by atoms with van der Waals surface area (Å²) in [5.74, 6) is 0.655. The Kier molecular flexibility index (Phi) is 3.79. The van der Waals surface area contributed by atoms with Gasteiger partial charge in [0.15, 0.2) is 0 Å². The average molecular weight is 259 g/mol. The van der Waals surface area contributed by atoms with Crippen LogP contribution in [0.5, 0.6) is 0 Å². The standard InChI is InChI=1S/C13H17N5O/c1-9(2)11-5-3-10(4-6-11)7-18-8-15-13(16-18)12(14)17-19/h3-6,8-9,19H,7H2,1-2H3,(H2,14,17).